The molecule has 0 amide bonds. The summed E-state index contributed by atoms with van der Waals surface area (Å²) in [6.07, 6.45) is 0. The van der Waals surface area contributed by atoms with Gasteiger partial charge in [-0.3, -0.25) is 0 Å². The number of halogens is 2. The van der Waals surface area contributed by atoms with Gasteiger partial charge in [-0.05, 0) is 55.8 Å². The van der Waals surface area contributed by atoms with E-state index < -0.39 is 0 Å². The molecule has 4 heteroatoms. The molecule has 0 saturated heterocycles. The summed E-state index contributed by atoms with van der Waals surface area (Å²) in [5, 5.41) is 4.87. The van der Waals surface area contributed by atoms with Crippen molar-refractivity contribution in [1.82, 2.24) is 5.32 Å². The Morgan fingerprint density at radius 3 is 2.21 bits per heavy atom. The number of rotatable bonds is 4. The first kappa shape index (κ1) is 14.9. The number of hydrogen-bond acceptors (Lipinski definition) is 2. The largest absolute Gasteiger partial charge is 0.306 e. The predicted octanol–water partition coefficient (Wildman–Crippen LogP) is 5.37. The quantitative estimate of drug-likeness (QED) is 0.800. The van der Waals surface area contributed by atoms with Gasteiger partial charge in [0.25, 0.3) is 0 Å². The second kappa shape index (κ2) is 6.27. The van der Waals surface area contributed by atoms with Crippen molar-refractivity contribution in [3.05, 3.63) is 55.2 Å². The van der Waals surface area contributed by atoms with Gasteiger partial charge in [0.1, 0.15) is 0 Å². The van der Waals surface area contributed by atoms with Gasteiger partial charge in [-0.15, -0.1) is 11.3 Å². The Morgan fingerprint density at radius 2 is 1.74 bits per heavy atom. The fourth-order valence-electron chi connectivity index (χ4n) is 2.29. The molecule has 0 radical (unpaired) electrons. The van der Waals surface area contributed by atoms with Crippen molar-refractivity contribution < 1.29 is 0 Å². The van der Waals surface area contributed by atoms with Gasteiger partial charge in [0, 0.05) is 19.8 Å². The number of hydrogen-bond donors (Lipinski definition) is 1. The monoisotopic (exact) mass is 313 g/mol. The molecule has 19 heavy (non-hydrogen) atoms. The second-order valence-corrected chi connectivity index (χ2v) is 6.90. The van der Waals surface area contributed by atoms with E-state index in [4.69, 9.17) is 23.2 Å². The van der Waals surface area contributed by atoms with Crippen molar-refractivity contribution >= 4 is 34.5 Å². The highest BCUT2D eigenvalue weighted by molar-refractivity contribution is 7.12. The summed E-state index contributed by atoms with van der Waals surface area (Å²) in [6, 6.07) is 8.11. The average molecular weight is 314 g/mol. The Kier molecular flexibility index (Phi) is 4.91. The highest BCUT2D eigenvalue weighted by atomic mass is 35.5. The van der Waals surface area contributed by atoms with E-state index in [1.165, 1.54) is 15.3 Å². The fraction of sp³-hybridized carbons (Fsp3) is 0.333. The minimum absolute atomic E-state index is 0.145. The van der Waals surface area contributed by atoms with E-state index in [-0.39, 0.29) is 6.04 Å². The zero-order valence-electron chi connectivity index (χ0n) is 11.3. The van der Waals surface area contributed by atoms with Crippen molar-refractivity contribution in [2.24, 2.45) is 0 Å². The molecule has 2 aromatic rings. The molecule has 102 valence electrons. The zero-order chi connectivity index (χ0) is 14.0. The molecule has 0 aliphatic rings. The number of benzene rings is 1. The van der Waals surface area contributed by atoms with E-state index in [0.29, 0.717) is 10.0 Å². The lowest BCUT2D eigenvalue weighted by Gasteiger charge is -2.19. The van der Waals surface area contributed by atoms with Gasteiger partial charge in [0.2, 0.25) is 0 Å². The molecule has 1 unspecified atom stereocenters. The maximum atomic E-state index is 6.12. The normalized spacial score (nSPS) is 12.7. The third-order valence-corrected chi connectivity index (χ3v) is 4.43. The molecule has 1 aromatic heterocycles. The summed E-state index contributed by atoms with van der Waals surface area (Å²) in [5.41, 5.74) is 2.42. The Bertz CT molecular complexity index is 557. The van der Waals surface area contributed by atoms with E-state index in [0.717, 1.165) is 12.1 Å². The smallest absolute Gasteiger partial charge is 0.0588 e. The molecule has 0 fully saturated rings. The molecule has 2 rings (SSSR count). The molecule has 1 aromatic carbocycles. The molecule has 1 nitrogen and oxygen atoms in total. The van der Waals surface area contributed by atoms with Gasteiger partial charge in [-0.1, -0.05) is 30.1 Å². The summed E-state index contributed by atoms with van der Waals surface area (Å²) >= 11 is 14.1. The Labute approximate surface area is 128 Å². The molecule has 0 saturated carbocycles. The topological polar surface area (TPSA) is 12.0 Å². The molecule has 0 spiro atoms. The van der Waals surface area contributed by atoms with Crippen LogP contribution in [0.2, 0.25) is 10.0 Å². The van der Waals surface area contributed by atoms with E-state index >= 15 is 0 Å². The number of aryl methyl sites for hydroxylation is 2. The molecule has 0 aliphatic heterocycles. The number of nitrogens with one attached hydrogen (secondary N) is 1. The maximum absolute atomic E-state index is 6.12. The number of thiophene rings is 1. The lowest BCUT2D eigenvalue weighted by atomic mass is 9.99. The van der Waals surface area contributed by atoms with Crippen molar-refractivity contribution in [3.63, 3.8) is 0 Å². The predicted molar refractivity (Wildman–Crippen MR) is 85.8 cm³/mol. The van der Waals surface area contributed by atoms with Crippen molar-refractivity contribution in [2.45, 2.75) is 26.8 Å². The molecule has 0 bridgehead atoms. The summed E-state index contributed by atoms with van der Waals surface area (Å²) in [4.78, 5) is 2.66. The van der Waals surface area contributed by atoms with Gasteiger partial charge in [-0.25, -0.2) is 0 Å². The third-order valence-electron chi connectivity index (χ3n) is 3.02. The first-order chi connectivity index (χ1) is 9.01. The van der Waals surface area contributed by atoms with Crippen LogP contribution in [-0.4, -0.2) is 6.54 Å². The van der Waals surface area contributed by atoms with Crippen LogP contribution in [0.4, 0.5) is 0 Å². The van der Waals surface area contributed by atoms with Crippen LogP contribution in [0.3, 0.4) is 0 Å². The lowest BCUT2D eigenvalue weighted by Crippen LogP contribution is -2.22. The minimum atomic E-state index is 0.145. The standard InChI is InChI=1S/C15H17Cl2NS/c1-4-18-15(14-5-9(2)19-10(14)3)11-6-12(16)8-13(17)7-11/h5-8,15,18H,4H2,1-3H3. The van der Waals surface area contributed by atoms with Crippen LogP contribution in [0.1, 0.15) is 33.8 Å². The van der Waals surface area contributed by atoms with Crippen molar-refractivity contribution in [3.8, 4) is 0 Å². The summed E-state index contributed by atoms with van der Waals surface area (Å²) in [7, 11) is 0. The van der Waals surface area contributed by atoms with Gasteiger partial charge in [0.05, 0.1) is 6.04 Å². The Balaban J connectivity index is 2.47. The molecular formula is C15H17Cl2NS. The molecule has 1 N–H and O–H groups in total. The van der Waals surface area contributed by atoms with E-state index in [1.54, 1.807) is 6.07 Å². The van der Waals surface area contributed by atoms with Crippen LogP contribution in [0, 0.1) is 13.8 Å². The highest BCUT2D eigenvalue weighted by Crippen LogP contribution is 2.33. The van der Waals surface area contributed by atoms with Crippen molar-refractivity contribution in [1.29, 1.82) is 0 Å². The van der Waals surface area contributed by atoms with Crippen LogP contribution < -0.4 is 5.32 Å². The molecule has 1 heterocycles. The second-order valence-electron chi connectivity index (χ2n) is 4.56. The van der Waals surface area contributed by atoms with Crippen LogP contribution in [0.15, 0.2) is 24.3 Å². The first-order valence-corrected chi connectivity index (χ1v) is 7.84. The average Bonchev–Trinajstić information content (AvgIpc) is 2.64. The molecule has 1 atom stereocenters. The minimum Gasteiger partial charge on any atom is -0.306 e. The zero-order valence-corrected chi connectivity index (χ0v) is 13.6. The first-order valence-electron chi connectivity index (χ1n) is 6.27. The Hall–Kier alpha value is -0.540. The highest BCUT2D eigenvalue weighted by Gasteiger charge is 2.18. The van der Waals surface area contributed by atoms with E-state index in [2.05, 4.69) is 32.2 Å². The van der Waals surface area contributed by atoms with Gasteiger partial charge < -0.3 is 5.32 Å². The maximum Gasteiger partial charge on any atom is 0.0588 e. The third kappa shape index (κ3) is 3.51. The van der Waals surface area contributed by atoms with E-state index in [9.17, 15) is 0 Å². The summed E-state index contributed by atoms with van der Waals surface area (Å²) in [5.74, 6) is 0. The SMILES string of the molecule is CCNC(c1cc(Cl)cc(Cl)c1)c1cc(C)sc1C. The molecule has 0 aliphatic carbocycles. The Morgan fingerprint density at radius 1 is 1.11 bits per heavy atom. The van der Waals surface area contributed by atoms with Gasteiger partial charge in [0.15, 0.2) is 0 Å². The fourth-order valence-corrected chi connectivity index (χ4v) is 3.80. The summed E-state index contributed by atoms with van der Waals surface area (Å²) < 4.78 is 0. The van der Waals surface area contributed by atoms with Gasteiger partial charge in [-0.2, -0.15) is 0 Å². The summed E-state index contributed by atoms with van der Waals surface area (Å²) in [6.45, 7) is 7.29. The van der Waals surface area contributed by atoms with Gasteiger partial charge >= 0.3 is 0 Å². The van der Waals surface area contributed by atoms with E-state index in [1.807, 2.05) is 23.5 Å². The van der Waals surface area contributed by atoms with Crippen LogP contribution in [0.5, 0.6) is 0 Å². The van der Waals surface area contributed by atoms with Crippen LogP contribution in [-0.2, 0) is 0 Å². The van der Waals surface area contributed by atoms with Crippen LogP contribution in [0.25, 0.3) is 0 Å². The molecular weight excluding hydrogens is 297 g/mol. The van der Waals surface area contributed by atoms with Crippen molar-refractivity contribution in [2.75, 3.05) is 6.54 Å². The van der Waals surface area contributed by atoms with Crippen LogP contribution >= 0.6 is 34.5 Å². The lowest BCUT2D eigenvalue weighted by molar-refractivity contribution is 0.630.